The Hall–Kier alpha value is -2.04. The van der Waals surface area contributed by atoms with Gasteiger partial charge in [0.25, 0.3) is 5.91 Å². The van der Waals surface area contributed by atoms with Gasteiger partial charge >= 0.3 is 5.97 Å². The minimum Gasteiger partial charge on any atom is -0.481 e. The number of carbonyl (C=O) groups excluding carboxylic acids is 1. The largest absolute Gasteiger partial charge is 0.481 e. The first-order valence-corrected chi connectivity index (χ1v) is 7.50. The molecule has 1 aromatic carbocycles. The number of hydrogen-bond acceptors (Lipinski definition) is 3. The Morgan fingerprint density at radius 1 is 1.36 bits per heavy atom. The van der Waals surface area contributed by atoms with Crippen LogP contribution in [-0.4, -0.2) is 28.6 Å². The summed E-state index contributed by atoms with van der Waals surface area (Å²) in [6.45, 7) is 7.47. The lowest BCUT2D eigenvalue weighted by molar-refractivity contribution is -0.138. The lowest BCUT2D eigenvalue weighted by Crippen LogP contribution is -2.49. The number of aliphatic carboxylic acids is 1. The molecule has 0 bridgehead atoms. The molecule has 0 spiro atoms. The number of rotatable bonds is 8. The predicted molar refractivity (Wildman–Crippen MR) is 85.0 cm³/mol. The zero-order valence-electron chi connectivity index (χ0n) is 13.7. The first kappa shape index (κ1) is 18.0. The average Bonchev–Trinajstić information content (AvgIpc) is 2.42. The standard InChI is InChI=1S/C17H25NO4/c1-5-14(22-13-8-6-7-12(2)11-13)16(21)18-17(3,4)10-9-15(19)20/h6-8,11,14H,5,9-10H2,1-4H3,(H,18,21)(H,19,20). The molecule has 122 valence electrons. The van der Waals surface area contributed by atoms with Crippen molar-refractivity contribution in [1.29, 1.82) is 0 Å². The molecule has 0 saturated heterocycles. The third-order valence-corrected chi connectivity index (χ3v) is 3.36. The van der Waals surface area contributed by atoms with E-state index in [9.17, 15) is 9.59 Å². The van der Waals surface area contributed by atoms with E-state index in [4.69, 9.17) is 9.84 Å². The highest BCUT2D eigenvalue weighted by atomic mass is 16.5. The maximum Gasteiger partial charge on any atom is 0.303 e. The Bertz CT molecular complexity index is 525. The average molecular weight is 307 g/mol. The second-order valence-electron chi connectivity index (χ2n) is 6.10. The van der Waals surface area contributed by atoms with Crippen molar-refractivity contribution < 1.29 is 19.4 Å². The molecular weight excluding hydrogens is 282 g/mol. The molecule has 5 heteroatoms. The molecule has 1 rings (SSSR count). The number of hydrogen-bond donors (Lipinski definition) is 2. The number of carboxylic acid groups (broad SMARTS) is 1. The van der Waals surface area contributed by atoms with Crippen LogP contribution in [0.2, 0.25) is 0 Å². The van der Waals surface area contributed by atoms with E-state index in [-0.39, 0.29) is 12.3 Å². The summed E-state index contributed by atoms with van der Waals surface area (Å²) in [6.07, 6.45) is 0.331. The number of carboxylic acids is 1. The summed E-state index contributed by atoms with van der Waals surface area (Å²) in [6, 6.07) is 7.54. The van der Waals surface area contributed by atoms with Crippen molar-refractivity contribution in [1.82, 2.24) is 5.32 Å². The van der Waals surface area contributed by atoms with Crippen molar-refractivity contribution in [2.45, 2.75) is 58.6 Å². The minimum atomic E-state index is -0.870. The maximum atomic E-state index is 12.3. The van der Waals surface area contributed by atoms with Crippen LogP contribution in [0.1, 0.15) is 45.6 Å². The Balaban J connectivity index is 2.66. The molecule has 0 aliphatic heterocycles. The van der Waals surface area contributed by atoms with Gasteiger partial charge in [0.1, 0.15) is 5.75 Å². The molecule has 0 aromatic heterocycles. The van der Waals surface area contributed by atoms with Crippen molar-refractivity contribution in [3.05, 3.63) is 29.8 Å². The lowest BCUT2D eigenvalue weighted by atomic mass is 9.98. The van der Waals surface area contributed by atoms with E-state index in [1.54, 1.807) is 0 Å². The molecule has 1 amide bonds. The second-order valence-corrected chi connectivity index (χ2v) is 6.10. The minimum absolute atomic E-state index is 0.0167. The number of carbonyl (C=O) groups is 2. The summed E-state index contributed by atoms with van der Waals surface area (Å²) >= 11 is 0. The van der Waals surface area contributed by atoms with Crippen LogP contribution in [0.25, 0.3) is 0 Å². The van der Waals surface area contributed by atoms with Crippen molar-refractivity contribution in [2.24, 2.45) is 0 Å². The van der Waals surface area contributed by atoms with E-state index in [1.165, 1.54) is 0 Å². The molecule has 1 atom stereocenters. The topological polar surface area (TPSA) is 75.6 Å². The number of aryl methyl sites for hydroxylation is 1. The number of benzene rings is 1. The van der Waals surface area contributed by atoms with Gasteiger partial charge in [-0.1, -0.05) is 19.1 Å². The van der Waals surface area contributed by atoms with E-state index >= 15 is 0 Å². The molecule has 0 fully saturated rings. The van der Waals surface area contributed by atoms with Gasteiger partial charge in [0, 0.05) is 12.0 Å². The van der Waals surface area contributed by atoms with Crippen LogP contribution in [0.3, 0.4) is 0 Å². The van der Waals surface area contributed by atoms with Gasteiger partial charge in [-0.25, -0.2) is 0 Å². The highest BCUT2D eigenvalue weighted by molar-refractivity contribution is 5.81. The fourth-order valence-corrected chi connectivity index (χ4v) is 2.07. The van der Waals surface area contributed by atoms with Crippen LogP contribution in [0.5, 0.6) is 5.75 Å². The third kappa shape index (κ3) is 6.16. The van der Waals surface area contributed by atoms with Crippen LogP contribution in [-0.2, 0) is 9.59 Å². The van der Waals surface area contributed by atoms with Gasteiger partial charge in [0.15, 0.2) is 6.10 Å². The molecule has 22 heavy (non-hydrogen) atoms. The fraction of sp³-hybridized carbons (Fsp3) is 0.529. The van der Waals surface area contributed by atoms with E-state index in [1.807, 2.05) is 52.0 Å². The number of amides is 1. The molecular formula is C17H25NO4. The molecule has 0 radical (unpaired) electrons. The molecule has 0 saturated carbocycles. The number of ether oxygens (including phenoxy) is 1. The van der Waals surface area contributed by atoms with Crippen molar-refractivity contribution in [3.8, 4) is 5.75 Å². The zero-order valence-corrected chi connectivity index (χ0v) is 13.7. The third-order valence-electron chi connectivity index (χ3n) is 3.36. The van der Waals surface area contributed by atoms with Crippen molar-refractivity contribution in [3.63, 3.8) is 0 Å². The summed E-state index contributed by atoms with van der Waals surface area (Å²) < 4.78 is 5.75. The highest BCUT2D eigenvalue weighted by Crippen LogP contribution is 2.17. The monoisotopic (exact) mass is 307 g/mol. The first-order valence-electron chi connectivity index (χ1n) is 7.50. The van der Waals surface area contributed by atoms with Gasteiger partial charge in [0.05, 0.1) is 0 Å². The van der Waals surface area contributed by atoms with Crippen LogP contribution in [0.4, 0.5) is 0 Å². The number of nitrogens with one attached hydrogen (secondary N) is 1. The van der Waals surface area contributed by atoms with Gasteiger partial charge in [-0.2, -0.15) is 0 Å². The molecule has 0 aliphatic rings. The summed E-state index contributed by atoms with van der Waals surface area (Å²) in [4.78, 5) is 23.0. The Kier molecular flexibility index (Phi) is 6.40. The van der Waals surface area contributed by atoms with Crippen molar-refractivity contribution in [2.75, 3.05) is 0 Å². The van der Waals surface area contributed by atoms with E-state index in [0.717, 1.165) is 5.56 Å². The van der Waals surface area contributed by atoms with E-state index < -0.39 is 17.6 Å². The smallest absolute Gasteiger partial charge is 0.303 e. The summed E-state index contributed by atoms with van der Waals surface area (Å²) in [5, 5.41) is 11.6. The summed E-state index contributed by atoms with van der Waals surface area (Å²) in [7, 11) is 0. The Morgan fingerprint density at radius 2 is 2.05 bits per heavy atom. The maximum absolute atomic E-state index is 12.3. The fourth-order valence-electron chi connectivity index (χ4n) is 2.07. The van der Waals surface area contributed by atoms with E-state index in [0.29, 0.717) is 18.6 Å². The lowest BCUT2D eigenvalue weighted by Gasteiger charge is -2.28. The van der Waals surface area contributed by atoms with Crippen molar-refractivity contribution >= 4 is 11.9 Å². The summed E-state index contributed by atoms with van der Waals surface area (Å²) in [5.41, 5.74) is 0.480. The molecule has 0 aliphatic carbocycles. The summed E-state index contributed by atoms with van der Waals surface area (Å²) in [5.74, 6) is -0.435. The second kappa shape index (κ2) is 7.82. The first-order chi connectivity index (χ1) is 10.2. The van der Waals surface area contributed by atoms with Crippen LogP contribution in [0, 0.1) is 6.92 Å². The van der Waals surface area contributed by atoms with Crippen LogP contribution in [0.15, 0.2) is 24.3 Å². The quantitative estimate of drug-likeness (QED) is 0.774. The van der Waals surface area contributed by atoms with Gasteiger partial charge in [0.2, 0.25) is 0 Å². The van der Waals surface area contributed by atoms with Crippen LogP contribution < -0.4 is 10.1 Å². The zero-order chi connectivity index (χ0) is 16.8. The van der Waals surface area contributed by atoms with Gasteiger partial charge in [-0.05, 0) is 51.3 Å². The molecule has 1 unspecified atom stereocenters. The predicted octanol–water partition coefficient (Wildman–Crippen LogP) is 2.91. The Morgan fingerprint density at radius 3 is 2.59 bits per heavy atom. The molecule has 0 heterocycles. The van der Waals surface area contributed by atoms with Gasteiger partial charge in [-0.3, -0.25) is 9.59 Å². The van der Waals surface area contributed by atoms with Crippen LogP contribution >= 0.6 is 0 Å². The SMILES string of the molecule is CCC(Oc1cccc(C)c1)C(=O)NC(C)(C)CCC(=O)O. The van der Waals surface area contributed by atoms with Gasteiger partial charge in [-0.15, -0.1) is 0 Å². The molecule has 1 aromatic rings. The normalized spacial score (nSPS) is 12.5. The Labute approximate surface area is 131 Å². The van der Waals surface area contributed by atoms with E-state index in [2.05, 4.69) is 5.32 Å². The highest BCUT2D eigenvalue weighted by Gasteiger charge is 2.26. The molecule has 5 nitrogen and oxygen atoms in total. The van der Waals surface area contributed by atoms with Gasteiger partial charge < -0.3 is 15.2 Å². The molecule has 2 N–H and O–H groups in total.